The van der Waals surface area contributed by atoms with Crippen molar-refractivity contribution in [2.45, 2.75) is 90.9 Å². The first-order valence-corrected chi connectivity index (χ1v) is 19.4. The number of amides is 2. The van der Waals surface area contributed by atoms with E-state index in [0.717, 1.165) is 77.0 Å². The van der Waals surface area contributed by atoms with Crippen molar-refractivity contribution in [3.8, 4) is 11.1 Å². The number of hydrogen-bond donors (Lipinski definition) is 2. The second-order valence-electron chi connectivity index (χ2n) is 15.1. The lowest BCUT2D eigenvalue weighted by atomic mass is 9.89. The van der Waals surface area contributed by atoms with Crippen LogP contribution in [0.15, 0.2) is 48.7 Å². The van der Waals surface area contributed by atoms with E-state index in [9.17, 15) is 9.59 Å². The second-order valence-corrected chi connectivity index (χ2v) is 15.5. The zero-order valence-corrected chi connectivity index (χ0v) is 31.6. The molecule has 1 aliphatic carbocycles. The Hall–Kier alpha value is -3.99. The van der Waals surface area contributed by atoms with Crippen molar-refractivity contribution in [2.75, 3.05) is 38.7 Å². The van der Waals surface area contributed by atoms with E-state index in [1.54, 1.807) is 0 Å². The minimum Gasteiger partial charge on any atom is -0.381 e. The Bertz CT molecular complexity index is 1920. The molecule has 2 saturated heterocycles. The highest BCUT2D eigenvalue weighted by molar-refractivity contribution is 6.33. The molecule has 2 aromatic heterocycles. The van der Waals surface area contributed by atoms with Gasteiger partial charge in [-0.05, 0) is 113 Å². The van der Waals surface area contributed by atoms with E-state index < -0.39 is 11.3 Å². The van der Waals surface area contributed by atoms with Crippen molar-refractivity contribution < 1.29 is 14.3 Å². The molecule has 11 heteroatoms. The normalized spacial score (nSPS) is 18.1. The van der Waals surface area contributed by atoms with Gasteiger partial charge in [-0.1, -0.05) is 48.9 Å². The van der Waals surface area contributed by atoms with Crippen LogP contribution in [-0.2, 0) is 46.8 Å². The monoisotopic (exact) mass is 725 g/mol. The molecule has 0 spiro atoms. The third-order valence-corrected chi connectivity index (χ3v) is 11.8. The molecule has 276 valence electrons. The molecule has 7 rings (SSSR count). The molecule has 52 heavy (non-hydrogen) atoms. The Morgan fingerprint density at radius 2 is 1.81 bits per heavy atom. The van der Waals surface area contributed by atoms with Gasteiger partial charge in [0, 0.05) is 60.7 Å². The van der Waals surface area contributed by atoms with Crippen molar-refractivity contribution in [2.24, 2.45) is 17.1 Å². The van der Waals surface area contributed by atoms with Gasteiger partial charge in [0.05, 0.1) is 17.3 Å². The quantitative estimate of drug-likeness (QED) is 0.149. The molecular weight excluding hydrogens is 674 g/mol. The van der Waals surface area contributed by atoms with Crippen LogP contribution in [0.25, 0.3) is 22.2 Å². The first-order chi connectivity index (χ1) is 25.2. The Kier molecular flexibility index (Phi) is 10.9. The van der Waals surface area contributed by atoms with Crippen molar-refractivity contribution in [1.82, 2.24) is 24.6 Å². The molecule has 3 N–H and O–H groups in total. The summed E-state index contributed by atoms with van der Waals surface area (Å²) in [5.41, 5.74) is 12.6. The summed E-state index contributed by atoms with van der Waals surface area (Å²) in [5, 5.41) is 10.1. The van der Waals surface area contributed by atoms with Crippen LogP contribution in [-0.4, -0.2) is 75.8 Å². The average molecular weight is 726 g/mol. The molecule has 3 fully saturated rings. The molecule has 10 nitrogen and oxygen atoms in total. The molecule has 2 amide bonds. The minimum absolute atomic E-state index is 0.214. The van der Waals surface area contributed by atoms with Crippen LogP contribution < -0.4 is 11.1 Å². The molecule has 3 aliphatic rings. The van der Waals surface area contributed by atoms with Gasteiger partial charge in [0.1, 0.15) is 5.41 Å². The first-order valence-electron chi connectivity index (χ1n) is 19.1. The number of fused-ring (bicyclic) bond motifs is 1. The maximum absolute atomic E-state index is 14.5. The molecule has 4 aromatic rings. The number of nitrogens with two attached hydrogens (primary N) is 1. The van der Waals surface area contributed by atoms with Gasteiger partial charge < -0.3 is 25.6 Å². The lowest BCUT2D eigenvalue weighted by Crippen LogP contribution is -2.43. The largest absolute Gasteiger partial charge is 0.381 e. The summed E-state index contributed by atoms with van der Waals surface area (Å²) >= 11 is 6.89. The summed E-state index contributed by atoms with van der Waals surface area (Å²) in [6.07, 6.45) is 8.71. The van der Waals surface area contributed by atoms with Crippen LogP contribution in [0.1, 0.15) is 74.8 Å². The number of pyridine rings is 1. The van der Waals surface area contributed by atoms with E-state index in [1.807, 2.05) is 27.9 Å². The van der Waals surface area contributed by atoms with Crippen molar-refractivity contribution in [1.29, 1.82) is 0 Å². The smallest absolute Gasteiger partial charge is 0.238 e. The minimum atomic E-state index is -1.18. The summed E-state index contributed by atoms with van der Waals surface area (Å²) in [5.74, 6) is -0.119. The van der Waals surface area contributed by atoms with Gasteiger partial charge in [-0.3, -0.25) is 9.59 Å². The van der Waals surface area contributed by atoms with Gasteiger partial charge in [0.15, 0.2) is 5.65 Å². The van der Waals surface area contributed by atoms with Crippen molar-refractivity contribution in [3.05, 3.63) is 76.1 Å². The van der Waals surface area contributed by atoms with Crippen LogP contribution in [0.2, 0.25) is 5.02 Å². The first kappa shape index (κ1) is 36.4. The fraction of sp³-hybridized carbons (Fsp3) is 0.512. The van der Waals surface area contributed by atoms with Gasteiger partial charge >= 0.3 is 0 Å². The number of carbonyl (C=O) groups excluding carboxylic acids is 2. The Balaban J connectivity index is 1.24. The number of primary amides is 1. The van der Waals surface area contributed by atoms with E-state index in [0.29, 0.717) is 56.5 Å². The average Bonchev–Trinajstić information content (AvgIpc) is 3.88. The molecule has 1 saturated carbocycles. The summed E-state index contributed by atoms with van der Waals surface area (Å²) in [7, 11) is 2.20. The van der Waals surface area contributed by atoms with Gasteiger partial charge in [0.2, 0.25) is 11.8 Å². The molecular formula is C41H52ClN7O3. The van der Waals surface area contributed by atoms with Crippen molar-refractivity contribution >= 4 is 40.1 Å². The Labute approximate surface area is 312 Å². The molecule has 0 atom stereocenters. The Morgan fingerprint density at radius 1 is 1.04 bits per heavy atom. The number of rotatable bonds is 13. The highest BCUT2D eigenvalue weighted by atomic mass is 35.5. The maximum atomic E-state index is 14.5. The fourth-order valence-corrected chi connectivity index (χ4v) is 8.27. The predicted molar refractivity (Wildman–Crippen MR) is 206 cm³/mol. The summed E-state index contributed by atoms with van der Waals surface area (Å²) in [4.78, 5) is 36.6. The number of aromatic nitrogens is 3. The van der Waals surface area contributed by atoms with E-state index in [2.05, 4.69) is 66.5 Å². The number of carbonyl (C=O) groups is 2. The number of likely N-dealkylation sites (tertiary alicyclic amines) is 1. The fourth-order valence-electron chi connectivity index (χ4n) is 8.04. The van der Waals surface area contributed by atoms with E-state index in [4.69, 9.17) is 27.1 Å². The van der Waals surface area contributed by atoms with Crippen LogP contribution >= 0.6 is 11.6 Å². The molecule has 2 aromatic carbocycles. The molecule has 0 bridgehead atoms. The molecule has 0 unspecified atom stereocenters. The number of halogens is 1. The van der Waals surface area contributed by atoms with Gasteiger partial charge in [0.25, 0.3) is 0 Å². The van der Waals surface area contributed by atoms with Crippen LogP contribution in [0.3, 0.4) is 0 Å². The number of nitrogens with one attached hydrogen (secondary N) is 1. The third kappa shape index (κ3) is 7.56. The molecule has 2 aliphatic heterocycles. The molecule has 0 radical (unpaired) electrons. The van der Waals surface area contributed by atoms with Gasteiger partial charge in [-0.2, -0.15) is 5.10 Å². The second kappa shape index (κ2) is 15.5. The van der Waals surface area contributed by atoms with E-state index >= 15 is 0 Å². The highest BCUT2D eigenvalue weighted by Gasteiger charge is 2.57. The summed E-state index contributed by atoms with van der Waals surface area (Å²) < 4.78 is 7.59. The summed E-state index contributed by atoms with van der Waals surface area (Å²) in [6.45, 7) is 9.09. The van der Waals surface area contributed by atoms with Crippen LogP contribution in [0.5, 0.6) is 0 Å². The van der Waals surface area contributed by atoms with Crippen LogP contribution in [0.4, 0.5) is 5.69 Å². The maximum Gasteiger partial charge on any atom is 0.238 e. The predicted octanol–water partition coefficient (Wildman–Crippen LogP) is 6.60. The lowest BCUT2D eigenvalue weighted by molar-refractivity contribution is -0.144. The highest BCUT2D eigenvalue weighted by Crippen LogP contribution is 2.48. The molecule has 4 heterocycles. The van der Waals surface area contributed by atoms with Crippen LogP contribution in [0, 0.1) is 11.3 Å². The van der Waals surface area contributed by atoms with Gasteiger partial charge in [-0.25, -0.2) is 9.67 Å². The van der Waals surface area contributed by atoms with E-state index in [1.165, 1.54) is 18.4 Å². The zero-order valence-electron chi connectivity index (χ0n) is 30.8. The summed E-state index contributed by atoms with van der Waals surface area (Å²) in [6, 6.07) is 14.9. The lowest BCUT2D eigenvalue weighted by Gasteiger charge is -2.30. The number of benzene rings is 2. The SMILES string of the molecule is CCc1nc2c(cnn2CC)c(NC2CCOCC2)c1CN(Cc1ccc(Cl)c(-c2cccc(CC3CCN(C)CC3)c2)c1)C(=O)C1(C(N)=O)CC1. The number of piperidine rings is 1. The number of aryl methyl sites for hydroxylation is 2. The number of anilines is 1. The number of hydrogen-bond acceptors (Lipinski definition) is 7. The van der Waals surface area contributed by atoms with Crippen molar-refractivity contribution in [3.63, 3.8) is 0 Å². The Morgan fingerprint density at radius 3 is 2.50 bits per heavy atom. The number of ether oxygens (including phenoxy) is 1. The zero-order chi connectivity index (χ0) is 36.4. The van der Waals surface area contributed by atoms with E-state index in [-0.39, 0.29) is 18.5 Å². The topological polar surface area (TPSA) is 119 Å². The third-order valence-electron chi connectivity index (χ3n) is 11.4. The number of nitrogens with zero attached hydrogens (tertiary/aromatic N) is 5. The standard InChI is InChI=1S/C41H52ClN7O3/c1-4-36-34(37(45-31-13-19-52-20-14-31)33-24-44-49(5-2)38(33)46-36)26-48(40(51)41(15-16-41)39(43)50)25-29-9-10-35(42)32(23-29)30-8-6-7-28(22-30)21-27-11-17-47(3)18-12-27/h6-10,22-24,27,31H,4-5,11-21,25-26H2,1-3H3,(H2,43,50)(H,45,46). The van der Waals surface area contributed by atoms with Gasteiger partial charge in [-0.15, -0.1) is 0 Å².